The molecular weight excluding hydrogens is 226 g/mol. The lowest BCUT2D eigenvalue weighted by Crippen LogP contribution is -1.86. The van der Waals surface area contributed by atoms with E-state index in [1.165, 1.54) is 5.56 Å². The van der Waals surface area contributed by atoms with Crippen molar-refractivity contribution in [3.63, 3.8) is 0 Å². The predicted molar refractivity (Wildman–Crippen MR) is 67.7 cm³/mol. The first-order valence-corrected chi connectivity index (χ1v) is 6.12. The Bertz CT molecular complexity index is 537. The molecule has 0 fully saturated rings. The summed E-state index contributed by atoms with van der Waals surface area (Å²) >= 11 is 0. The van der Waals surface area contributed by atoms with Gasteiger partial charge in [0.05, 0.1) is 6.07 Å². The van der Waals surface area contributed by atoms with Crippen molar-refractivity contribution in [1.82, 2.24) is 10.1 Å². The second kappa shape index (κ2) is 5.97. The van der Waals surface area contributed by atoms with Crippen molar-refractivity contribution in [2.24, 2.45) is 0 Å². The van der Waals surface area contributed by atoms with Crippen LogP contribution >= 0.6 is 0 Å². The van der Waals surface area contributed by atoms with Crippen LogP contribution in [0.1, 0.15) is 31.2 Å². The molecular formula is C14H15N3O. The molecule has 4 heteroatoms. The molecule has 1 heterocycles. The summed E-state index contributed by atoms with van der Waals surface area (Å²) < 4.78 is 5.15. The Labute approximate surface area is 106 Å². The third-order valence-electron chi connectivity index (χ3n) is 2.77. The van der Waals surface area contributed by atoms with Gasteiger partial charge in [-0.3, -0.25) is 0 Å². The molecule has 1 aromatic carbocycles. The van der Waals surface area contributed by atoms with Gasteiger partial charge < -0.3 is 4.52 Å². The van der Waals surface area contributed by atoms with Crippen molar-refractivity contribution < 1.29 is 4.52 Å². The SMILES string of the molecule is CCc1ccc(-c2noc(CCCC#N)n2)cc1. The van der Waals surface area contributed by atoms with E-state index >= 15 is 0 Å². The standard InChI is InChI=1S/C14H15N3O/c1-2-11-6-8-12(9-7-11)14-16-13(18-17-14)5-3-4-10-15/h6-9H,2-5H2,1H3. The molecule has 0 aliphatic heterocycles. The average Bonchev–Trinajstić information content (AvgIpc) is 2.88. The summed E-state index contributed by atoms with van der Waals surface area (Å²) in [6.45, 7) is 2.12. The number of benzene rings is 1. The zero-order valence-corrected chi connectivity index (χ0v) is 10.4. The third kappa shape index (κ3) is 2.95. The Morgan fingerprint density at radius 3 is 2.72 bits per heavy atom. The third-order valence-corrected chi connectivity index (χ3v) is 2.77. The first-order valence-electron chi connectivity index (χ1n) is 6.12. The van der Waals surface area contributed by atoms with Crippen LogP contribution < -0.4 is 0 Å². The van der Waals surface area contributed by atoms with Gasteiger partial charge in [-0.05, 0) is 18.4 Å². The summed E-state index contributed by atoms with van der Waals surface area (Å²) in [4.78, 5) is 4.32. The second-order valence-corrected chi connectivity index (χ2v) is 4.07. The number of rotatable bonds is 5. The number of aromatic nitrogens is 2. The van der Waals surface area contributed by atoms with Crippen LogP contribution in [-0.4, -0.2) is 10.1 Å². The number of aryl methyl sites for hydroxylation is 2. The Kier molecular flexibility index (Phi) is 4.08. The van der Waals surface area contributed by atoms with Crippen LogP contribution in [0.15, 0.2) is 28.8 Å². The van der Waals surface area contributed by atoms with Crippen LogP contribution in [0.3, 0.4) is 0 Å². The molecule has 92 valence electrons. The maximum Gasteiger partial charge on any atom is 0.226 e. The highest BCUT2D eigenvalue weighted by Gasteiger charge is 2.07. The smallest absolute Gasteiger partial charge is 0.226 e. The van der Waals surface area contributed by atoms with Crippen LogP contribution in [-0.2, 0) is 12.8 Å². The van der Waals surface area contributed by atoms with Crippen LogP contribution in [0.5, 0.6) is 0 Å². The Morgan fingerprint density at radius 2 is 2.06 bits per heavy atom. The molecule has 0 radical (unpaired) electrons. The number of nitrogens with zero attached hydrogens (tertiary/aromatic N) is 3. The first kappa shape index (κ1) is 12.3. The fraction of sp³-hybridized carbons (Fsp3) is 0.357. The number of nitriles is 1. The molecule has 0 aliphatic carbocycles. The lowest BCUT2D eigenvalue weighted by Gasteiger charge is -1.97. The summed E-state index contributed by atoms with van der Waals surface area (Å²) in [6.07, 6.45) is 2.95. The molecule has 4 nitrogen and oxygen atoms in total. The molecule has 18 heavy (non-hydrogen) atoms. The summed E-state index contributed by atoms with van der Waals surface area (Å²) in [6, 6.07) is 10.2. The number of hydrogen-bond donors (Lipinski definition) is 0. The summed E-state index contributed by atoms with van der Waals surface area (Å²) in [5.74, 6) is 1.21. The highest BCUT2D eigenvalue weighted by atomic mass is 16.5. The summed E-state index contributed by atoms with van der Waals surface area (Å²) in [7, 11) is 0. The molecule has 0 saturated heterocycles. The summed E-state index contributed by atoms with van der Waals surface area (Å²) in [5, 5.41) is 12.4. The number of hydrogen-bond acceptors (Lipinski definition) is 4. The van der Waals surface area contributed by atoms with E-state index in [0.29, 0.717) is 24.6 Å². The minimum absolute atomic E-state index is 0.517. The van der Waals surface area contributed by atoms with E-state index in [-0.39, 0.29) is 0 Å². The van der Waals surface area contributed by atoms with E-state index in [9.17, 15) is 0 Å². The van der Waals surface area contributed by atoms with E-state index in [0.717, 1.165) is 18.4 Å². The highest BCUT2D eigenvalue weighted by molar-refractivity contribution is 5.54. The molecule has 2 rings (SSSR count). The quantitative estimate of drug-likeness (QED) is 0.754. The van der Waals surface area contributed by atoms with Gasteiger partial charge in [0.25, 0.3) is 0 Å². The molecule has 0 bridgehead atoms. The summed E-state index contributed by atoms with van der Waals surface area (Å²) in [5.41, 5.74) is 2.25. The molecule has 0 atom stereocenters. The molecule has 1 aromatic heterocycles. The van der Waals surface area contributed by atoms with Crippen molar-refractivity contribution >= 4 is 0 Å². The monoisotopic (exact) mass is 241 g/mol. The fourth-order valence-corrected chi connectivity index (χ4v) is 1.68. The van der Waals surface area contributed by atoms with Crippen molar-refractivity contribution in [3.05, 3.63) is 35.7 Å². The highest BCUT2D eigenvalue weighted by Crippen LogP contribution is 2.17. The maximum atomic E-state index is 8.46. The molecule has 0 amide bonds. The van der Waals surface area contributed by atoms with Gasteiger partial charge in [0, 0.05) is 18.4 Å². The minimum Gasteiger partial charge on any atom is -0.339 e. The van der Waals surface area contributed by atoms with Crippen molar-refractivity contribution in [3.8, 4) is 17.5 Å². The van der Waals surface area contributed by atoms with Crippen molar-refractivity contribution in [1.29, 1.82) is 5.26 Å². The zero-order chi connectivity index (χ0) is 12.8. The van der Waals surface area contributed by atoms with E-state index in [2.05, 4.69) is 35.3 Å². The van der Waals surface area contributed by atoms with Gasteiger partial charge in [-0.1, -0.05) is 36.3 Å². The molecule has 2 aromatic rings. The molecule has 0 unspecified atom stereocenters. The van der Waals surface area contributed by atoms with Gasteiger partial charge in [-0.2, -0.15) is 10.2 Å². The lowest BCUT2D eigenvalue weighted by molar-refractivity contribution is 0.376. The Morgan fingerprint density at radius 1 is 1.28 bits per heavy atom. The van der Waals surface area contributed by atoms with E-state index in [4.69, 9.17) is 9.78 Å². The molecule has 0 saturated carbocycles. The van der Waals surface area contributed by atoms with Crippen LogP contribution in [0.25, 0.3) is 11.4 Å². The van der Waals surface area contributed by atoms with Gasteiger partial charge in [-0.15, -0.1) is 0 Å². The second-order valence-electron chi connectivity index (χ2n) is 4.07. The van der Waals surface area contributed by atoms with E-state index in [1.807, 2.05) is 12.1 Å². The van der Waals surface area contributed by atoms with Gasteiger partial charge in [0.1, 0.15) is 0 Å². The Hall–Kier alpha value is -2.15. The fourth-order valence-electron chi connectivity index (χ4n) is 1.68. The largest absolute Gasteiger partial charge is 0.339 e. The van der Waals surface area contributed by atoms with Crippen LogP contribution in [0.2, 0.25) is 0 Å². The van der Waals surface area contributed by atoms with E-state index < -0.39 is 0 Å². The van der Waals surface area contributed by atoms with Gasteiger partial charge >= 0.3 is 0 Å². The first-order chi connectivity index (χ1) is 8.83. The normalized spacial score (nSPS) is 10.2. The van der Waals surface area contributed by atoms with Gasteiger partial charge in [0.2, 0.25) is 11.7 Å². The zero-order valence-electron chi connectivity index (χ0n) is 10.4. The van der Waals surface area contributed by atoms with Crippen LogP contribution in [0, 0.1) is 11.3 Å². The topological polar surface area (TPSA) is 62.7 Å². The van der Waals surface area contributed by atoms with Crippen LogP contribution in [0.4, 0.5) is 0 Å². The van der Waals surface area contributed by atoms with Gasteiger partial charge in [0.15, 0.2) is 0 Å². The van der Waals surface area contributed by atoms with Crippen molar-refractivity contribution in [2.75, 3.05) is 0 Å². The van der Waals surface area contributed by atoms with E-state index in [1.54, 1.807) is 0 Å². The number of unbranched alkanes of at least 4 members (excludes halogenated alkanes) is 1. The average molecular weight is 241 g/mol. The Balaban J connectivity index is 2.06. The minimum atomic E-state index is 0.517. The maximum absolute atomic E-state index is 8.46. The van der Waals surface area contributed by atoms with Gasteiger partial charge in [-0.25, -0.2) is 0 Å². The predicted octanol–water partition coefficient (Wildman–Crippen LogP) is 3.15. The van der Waals surface area contributed by atoms with Crippen molar-refractivity contribution in [2.45, 2.75) is 32.6 Å². The molecule has 0 N–H and O–H groups in total. The molecule has 0 aliphatic rings. The lowest BCUT2D eigenvalue weighted by atomic mass is 10.1. The molecule has 0 spiro atoms.